The van der Waals surface area contributed by atoms with Crippen LogP contribution >= 0.6 is 0 Å². The van der Waals surface area contributed by atoms with Crippen molar-refractivity contribution in [2.45, 2.75) is 32.9 Å². The van der Waals surface area contributed by atoms with Gasteiger partial charge in [-0.25, -0.2) is 9.78 Å². The molecular weight excluding hydrogens is 318 g/mol. The molecule has 130 valence electrons. The van der Waals surface area contributed by atoms with E-state index < -0.39 is 5.69 Å². The lowest BCUT2D eigenvalue weighted by Gasteiger charge is -2.17. The molecule has 1 atom stereocenters. The molecule has 0 saturated heterocycles. The number of nitrogens with zero attached hydrogens (tertiary/aromatic N) is 3. The fraction of sp³-hybridized carbons (Fsp3) is 0.278. The van der Waals surface area contributed by atoms with E-state index >= 15 is 0 Å². The van der Waals surface area contributed by atoms with E-state index in [0.29, 0.717) is 5.82 Å². The number of aromatic amines is 1. The Balaban J connectivity index is 1.86. The zero-order valence-corrected chi connectivity index (χ0v) is 14.4. The van der Waals surface area contributed by atoms with Crippen molar-refractivity contribution in [1.82, 2.24) is 19.1 Å². The minimum atomic E-state index is -0.413. The van der Waals surface area contributed by atoms with Crippen LogP contribution in [0.15, 0.2) is 58.6 Å². The predicted octanol–water partition coefficient (Wildman–Crippen LogP) is 2.48. The lowest BCUT2D eigenvalue weighted by atomic mass is 10.1. The van der Waals surface area contributed by atoms with Crippen molar-refractivity contribution in [1.29, 1.82) is 0 Å². The van der Waals surface area contributed by atoms with Crippen LogP contribution < -0.4 is 16.6 Å². The number of nitrogens with one attached hydrogen (secondary N) is 2. The first kappa shape index (κ1) is 16.8. The summed E-state index contributed by atoms with van der Waals surface area (Å²) in [6, 6.07) is 9.12. The summed E-state index contributed by atoms with van der Waals surface area (Å²) in [5.74, 6) is 0.410. The average Bonchev–Trinajstić information content (AvgIpc) is 3.08. The minimum absolute atomic E-state index is 0.0894. The van der Waals surface area contributed by atoms with Gasteiger partial charge in [0.25, 0.3) is 5.56 Å². The van der Waals surface area contributed by atoms with Crippen molar-refractivity contribution in [3.05, 3.63) is 75.5 Å². The molecule has 3 aromatic rings. The molecular formula is C18H21N5O2. The first-order chi connectivity index (χ1) is 12.0. The number of rotatable bonds is 5. The molecule has 0 bridgehead atoms. The Hall–Kier alpha value is -3.09. The molecule has 0 aliphatic carbocycles. The molecule has 0 aliphatic heterocycles. The van der Waals surface area contributed by atoms with Gasteiger partial charge in [-0.15, -0.1) is 0 Å². The fourth-order valence-corrected chi connectivity index (χ4v) is 2.75. The number of H-pyrrole nitrogens is 1. The maximum Gasteiger partial charge on any atom is 0.330 e. The highest BCUT2D eigenvalue weighted by atomic mass is 16.2. The van der Waals surface area contributed by atoms with Crippen molar-refractivity contribution in [3.8, 4) is 5.69 Å². The summed E-state index contributed by atoms with van der Waals surface area (Å²) in [5.41, 5.74) is 1.29. The van der Waals surface area contributed by atoms with Gasteiger partial charge in [-0.2, -0.15) is 0 Å². The molecule has 2 heterocycles. The maximum atomic E-state index is 12.1. The Morgan fingerprint density at radius 1 is 1.16 bits per heavy atom. The van der Waals surface area contributed by atoms with Crippen molar-refractivity contribution < 1.29 is 0 Å². The van der Waals surface area contributed by atoms with Crippen LogP contribution in [-0.4, -0.2) is 19.1 Å². The number of aromatic nitrogens is 4. The van der Waals surface area contributed by atoms with Crippen LogP contribution in [0.4, 0.5) is 5.82 Å². The highest BCUT2D eigenvalue weighted by molar-refractivity contribution is 5.41. The molecule has 0 spiro atoms. The van der Waals surface area contributed by atoms with Crippen LogP contribution in [0.1, 0.15) is 38.4 Å². The van der Waals surface area contributed by atoms with E-state index in [1.54, 1.807) is 26.4 Å². The average molecular weight is 339 g/mol. The number of hydrogen-bond donors (Lipinski definition) is 2. The van der Waals surface area contributed by atoms with Gasteiger partial charge in [-0.05, 0) is 38.5 Å². The number of benzene rings is 1. The monoisotopic (exact) mass is 339 g/mol. The Morgan fingerprint density at radius 3 is 2.60 bits per heavy atom. The Kier molecular flexibility index (Phi) is 4.56. The summed E-state index contributed by atoms with van der Waals surface area (Å²) in [7, 11) is 0. The summed E-state index contributed by atoms with van der Waals surface area (Å²) in [5, 5.41) is 3.18. The van der Waals surface area contributed by atoms with Crippen LogP contribution in [0.25, 0.3) is 5.69 Å². The largest absolute Gasteiger partial charge is 0.365 e. The van der Waals surface area contributed by atoms with E-state index in [0.717, 1.165) is 11.3 Å². The van der Waals surface area contributed by atoms with Gasteiger partial charge in [-0.3, -0.25) is 14.3 Å². The highest BCUT2D eigenvalue weighted by Gasteiger charge is 2.11. The molecule has 0 radical (unpaired) electrons. The highest BCUT2D eigenvalue weighted by Crippen LogP contribution is 2.19. The lowest BCUT2D eigenvalue weighted by molar-refractivity contribution is 0.546. The molecule has 25 heavy (non-hydrogen) atoms. The van der Waals surface area contributed by atoms with Crippen molar-refractivity contribution >= 4 is 5.82 Å². The van der Waals surface area contributed by atoms with Gasteiger partial charge >= 0.3 is 5.69 Å². The van der Waals surface area contributed by atoms with Gasteiger partial charge in [0.2, 0.25) is 0 Å². The van der Waals surface area contributed by atoms with Gasteiger partial charge < -0.3 is 9.88 Å². The molecule has 0 saturated carbocycles. The zero-order chi connectivity index (χ0) is 18.0. The topological polar surface area (TPSA) is 84.7 Å². The smallest absolute Gasteiger partial charge is 0.330 e. The number of anilines is 1. The van der Waals surface area contributed by atoms with E-state index in [9.17, 15) is 9.59 Å². The fourth-order valence-electron chi connectivity index (χ4n) is 2.75. The maximum absolute atomic E-state index is 12.1. The quantitative estimate of drug-likeness (QED) is 0.748. The van der Waals surface area contributed by atoms with Crippen LogP contribution in [0.3, 0.4) is 0 Å². The summed E-state index contributed by atoms with van der Waals surface area (Å²) >= 11 is 0. The number of hydrogen-bond acceptors (Lipinski definition) is 4. The Morgan fingerprint density at radius 2 is 1.96 bits per heavy atom. The van der Waals surface area contributed by atoms with Crippen LogP contribution in [0.5, 0.6) is 0 Å². The first-order valence-electron chi connectivity index (χ1n) is 8.16. The SMILES string of the molecule is CC(C)n1c(=O)cc(N[C@@H](C)c2cccc(-n3ccnc3)c2)[nH]c1=O. The first-order valence-corrected chi connectivity index (χ1v) is 8.16. The minimum Gasteiger partial charge on any atom is -0.365 e. The van der Waals surface area contributed by atoms with E-state index in [2.05, 4.69) is 15.3 Å². The summed E-state index contributed by atoms with van der Waals surface area (Å²) in [6.45, 7) is 5.57. The molecule has 0 unspecified atom stereocenters. The molecule has 0 amide bonds. The normalized spacial score (nSPS) is 12.3. The van der Waals surface area contributed by atoms with Crippen LogP contribution in [-0.2, 0) is 0 Å². The standard InChI is InChI=1S/C18H21N5O2/c1-12(2)23-17(24)10-16(21-18(23)25)20-13(3)14-5-4-6-15(9-14)22-8-7-19-11-22/h4-13,20H,1-3H3,(H,21,25)/t13-/m0/s1. The molecule has 0 fully saturated rings. The molecule has 1 aromatic carbocycles. The van der Waals surface area contributed by atoms with Gasteiger partial charge in [-0.1, -0.05) is 12.1 Å². The molecule has 7 nitrogen and oxygen atoms in total. The second-order valence-electron chi connectivity index (χ2n) is 6.22. The summed E-state index contributed by atoms with van der Waals surface area (Å²) in [6.07, 6.45) is 5.34. The van der Waals surface area contributed by atoms with Crippen molar-refractivity contribution in [2.75, 3.05) is 5.32 Å². The summed E-state index contributed by atoms with van der Waals surface area (Å²) < 4.78 is 3.11. The van der Waals surface area contributed by atoms with Gasteiger partial charge in [0.05, 0.1) is 6.33 Å². The third-order valence-corrected chi connectivity index (χ3v) is 4.03. The van der Waals surface area contributed by atoms with Crippen molar-refractivity contribution in [2.24, 2.45) is 0 Å². The van der Waals surface area contributed by atoms with E-state index in [1.807, 2.05) is 42.0 Å². The second-order valence-corrected chi connectivity index (χ2v) is 6.22. The molecule has 2 aromatic heterocycles. The third kappa shape index (κ3) is 3.55. The number of imidazole rings is 1. The van der Waals surface area contributed by atoms with E-state index in [-0.39, 0.29) is 17.6 Å². The molecule has 0 aliphatic rings. The summed E-state index contributed by atoms with van der Waals surface area (Å²) in [4.78, 5) is 31.0. The van der Waals surface area contributed by atoms with Crippen molar-refractivity contribution in [3.63, 3.8) is 0 Å². The lowest BCUT2D eigenvalue weighted by Crippen LogP contribution is -2.36. The van der Waals surface area contributed by atoms with Crippen LogP contribution in [0, 0.1) is 0 Å². The van der Waals surface area contributed by atoms with Gasteiger partial charge in [0.1, 0.15) is 5.82 Å². The molecule has 7 heteroatoms. The second kappa shape index (κ2) is 6.80. The third-order valence-electron chi connectivity index (χ3n) is 4.03. The zero-order valence-electron chi connectivity index (χ0n) is 14.4. The van der Waals surface area contributed by atoms with Crippen LogP contribution in [0.2, 0.25) is 0 Å². The predicted molar refractivity (Wildman–Crippen MR) is 97.3 cm³/mol. The van der Waals surface area contributed by atoms with Gasteiger partial charge in [0.15, 0.2) is 0 Å². The van der Waals surface area contributed by atoms with E-state index in [1.165, 1.54) is 10.6 Å². The van der Waals surface area contributed by atoms with Gasteiger partial charge in [0, 0.05) is 36.2 Å². The Bertz CT molecular complexity index is 938. The molecule has 2 N–H and O–H groups in total. The van der Waals surface area contributed by atoms with E-state index in [4.69, 9.17) is 0 Å². The Labute approximate surface area is 145 Å². The molecule has 3 rings (SSSR count).